The van der Waals surface area contributed by atoms with Crippen LogP contribution in [-0.4, -0.2) is 39.2 Å². The van der Waals surface area contributed by atoms with Gasteiger partial charge in [-0.1, -0.05) is 44.2 Å². The second-order valence-electron chi connectivity index (χ2n) is 10.0. The Kier molecular flexibility index (Phi) is 8.45. The van der Waals surface area contributed by atoms with Gasteiger partial charge in [0, 0.05) is 36.2 Å². The maximum absolute atomic E-state index is 13.0. The van der Waals surface area contributed by atoms with Crippen LogP contribution in [0.15, 0.2) is 67.0 Å². The van der Waals surface area contributed by atoms with Gasteiger partial charge in [-0.15, -0.1) is 0 Å². The van der Waals surface area contributed by atoms with Gasteiger partial charge in [-0.2, -0.15) is 5.26 Å². The lowest BCUT2D eigenvalue weighted by Crippen LogP contribution is -2.37. The fourth-order valence-electron chi connectivity index (χ4n) is 4.49. The van der Waals surface area contributed by atoms with E-state index < -0.39 is 0 Å². The van der Waals surface area contributed by atoms with Gasteiger partial charge in [0.05, 0.1) is 17.4 Å². The summed E-state index contributed by atoms with van der Waals surface area (Å²) in [5, 5.41) is 22.1. The van der Waals surface area contributed by atoms with Crippen LogP contribution >= 0.6 is 0 Å². The molecule has 0 fully saturated rings. The molecular formula is C31H34N4O3. The van der Waals surface area contributed by atoms with Crippen LogP contribution in [-0.2, 0) is 6.42 Å². The number of hydrogen-bond acceptors (Lipinski definition) is 5. The third-order valence-electron chi connectivity index (χ3n) is 6.40. The molecule has 7 heteroatoms. The van der Waals surface area contributed by atoms with Crippen LogP contribution in [0.1, 0.15) is 67.1 Å². The number of fused-ring (bicyclic) bond motifs is 1. The quantitative estimate of drug-likeness (QED) is 0.293. The molecule has 0 saturated carbocycles. The van der Waals surface area contributed by atoms with E-state index in [1.807, 2.05) is 56.6 Å². The lowest BCUT2D eigenvalue weighted by molar-refractivity contribution is 0.0930. The number of benzene rings is 2. The van der Waals surface area contributed by atoms with Gasteiger partial charge in [-0.25, -0.2) is 4.98 Å². The van der Waals surface area contributed by atoms with Gasteiger partial charge < -0.3 is 19.6 Å². The first kappa shape index (κ1) is 26.9. The first-order valence-electron chi connectivity index (χ1n) is 13.0. The molecule has 0 unspecified atom stereocenters. The topological polar surface area (TPSA) is 99.7 Å². The lowest BCUT2D eigenvalue weighted by Gasteiger charge is -2.19. The number of carbonyl (C=O) groups excluding carboxylic acids is 1. The van der Waals surface area contributed by atoms with E-state index in [9.17, 15) is 15.2 Å². The van der Waals surface area contributed by atoms with Crippen LogP contribution in [0, 0.1) is 11.3 Å². The molecule has 2 aromatic heterocycles. The number of ether oxygens (including phenoxy) is 1. The van der Waals surface area contributed by atoms with Crippen LogP contribution in [0.25, 0.3) is 16.9 Å². The molecule has 7 nitrogen and oxygen atoms in total. The van der Waals surface area contributed by atoms with E-state index in [1.54, 1.807) is 12.1 Å². The summed E-state index contributed by atoms with van der Waals surface area (Å²) in [5.74, 6) is 0.545. The van der Waals surface area contributed by atoms with Crippen LogP contribution in [0.4, 0.5) is 0 Å². The Bertz CT molecular complexity index is 1450. The van der Waals surface area contributed by atoms with E-state index in [0.29, 0.717) is 35.6 Å². The van der Waals surface area contributed by atoms with Crippen molar-refractivity contribution in [3.8, 4) is 23.1 Å². The number of nitrogens with one attached hydrogen (secondary N) is 1. The average Bonchev–Trinajstić information content (AvgIpc) is 3.33. The van der Waals surface area contributed by atoms with E-state index in [0.717, 1.165) is 22.5 Å². The smallest absolute Gasteiger partial charge is 0.251 e. The molecule has 0 radical (unpaired) electrons. The van der Waals surface area contributed by atoms with Crippen LogP contribution < -0.4 is 10.1 Å². The van der Waals surface area contributed by atoms with E-state index in [4.69, 9.17) is 9.72 Å². The highest BCUT2D eigenvalue weighted by atomic mass is 16.5. The minimum Gasteiger partial charge on any atom is -0.490 e. The normalized spacial score (nSPS) is 12.1. The molecule has 0 saturated heterocycles. The molecule has 4 rings (SSSR count). The number of aliphatic hydroxyl groups is 1. The van der Waals surface area contributed by atoms with Crippen molar-refractivity contribution in [2.24, 2.45) is 0 Å². The monoisotopic (exact) mass is 510 g/mol. The summed E-state index contributed by atoms with van der Waals surface area (Å²) in [7, 11) is 0. The predicted molar refractivity (Wildman–Crippen MR) is 148 cm³/mol. The van der Waals surface area contributed by atoms with Crippen molar-refractivity contribution < 1.29 is 14.6 Å². The standard InChI is InChI=1S/C31H34N4O3/c1-20(2)27-6-5-14-35-19-28(34-30(27)35)23-9-7-22(8-10-23)16-26(13-15-36)33-31(37)24-11-12-29(38-21(3)4)25(17-24)18-32/h5-12,14,17,19-21,26,36H,13,15-16H2,1-4H3,(H,33,37)/t26-/m1/s1. The molecule has 196 valence electrons. The number of pyridine rings is 1. The number of hydrogen-bond donors (Lipinski definition) is 2. The number of nitriles is 1. The van der Waals surface area contributed by atoms with Crippen LogP contribution in [0.2, 0.25) is 0 Å². The molecule has 2 heterocycles. The Morgan fingerprint density at radius 3 is 2.55 bits per heavy atom. The third kappa shape index (κ3) is 6.21. The van der Waals surface area contributed by atoms with Gasteiger partial charge in [0.1, 0.15) is 17.5 Å². The molecule has 0 aliphatic heterocycles. The zero-order chi connectivity index (χ0) is 27.2. The summed E-state index contributed by atoms with van der Waals surface area (Å²) in [6.45, 7) is 8.05. The van der Waals surface area contributed by atoms with Gasteiger partial charge in [0.25, 0.3) is 5.91 Å². The second-order valence-corrected chi connectivity index (χ2v) is 10.0. The fourth-order valence-corrected chi connectivity index (χ4v) is 4.49. The highest BCUT2D eigenvalue weighted by Crippen LogP contribution is 2.25. The van der Waals surface area contributed by atoms with Crippen molar-refractivity contribution in [3.63, 3.8) is 0 Å². The van der Waals surface area contributed by atoms with Crippen molar-refractivity contribution in [2.45, 2.75) is 58.6 Å². The minimum absolute atomic E-state index is 0.0485. The maximum atomic E-state index is 13.0. The molecule has 4 aromatic rings. The number of rotatable bonds is 10. The molecule has 0 bridgehead atoms. The molecule has 38 heavy (non-hydrogen) atoms. The number of amides is 1. The van der Waals surface area contributed by atoms with Crippen molar-refractivity contribution in [1.82, 2.24) is 14.7 Å². The minimum atomic E-state index is -0.293. The molecule has 0 aliphatic rings. The summed E-state index contributed by atoms with van der Waals surface area (Å²) >= 11 is 0. The largest absolute Gasteiger partial charge is 0.490 e. The SMILES string of the molecule is CC(C)Oc1ccc(C(=O)N[C@H](CCO)Cc2ccc(-c3cn4cccc(C(C)C)c4n3)cc2)cc1C#N. The Labute approximate surface area is 223 Å². The molecule has 1 amide bonds. The Hall–Kier alpha value is -4.15. The van der Waals surface area contributed by atoms with E-state index in [-0.39, 0.29) is 24.7 Å². The van der Waals surface area contributed by atoms with Crippen molar-refractivity contribution in [3.05, 3.63) is 89.2 Å². The van der Waals surface area contributed by atoms with Gasteiger partial charge in [0.15, 0.2) is 0 Å². The van der Waals surface area contributed by atoms with Gasteiger partial charge in [-0.3, -0.25) is 4.79 Å². The molecule has 0 spiro atoms. The molecule has 2 aromatic carbocycles. The van der Waals surface area contributed by atoms with E-state index >= 15 is 0 Å². The molecular weight excluding hydrogens is 476 g/mol. The van der Waals surface area contributed by atoms with Crippen molar-refractivity contribution >= 4 is 11.6 Å². The Morgan fingerprint density at radius 1 is 1.13 bits per heavy atom. The van der Waals surface area contributed by atoms with Crippen molar-refractivity contribution in [2.75, 3.05) is 6.61 Å². The van der Waals surface area contributed by atoms with Gasteiger partial charge in [0.2, 0.25) is 0 Å². The number of aromatic nitrogens is 2. The van der Waals surface area contributed by atoms with Crippen molar-refractivity contribution in [1.29, 1.82) is 5.26 Å². The summed E-state index contributed by atoms with van der Waals surface area (Å²) in [4.78, 5) is 17.8. The van der Waals surface area contributed by atoms with Crippen LogP contribution in [0.5, 0.6) is 5.75 Å². The Balaban J connectivity index is 1.47. The zero-order valence-corrected chi connectivity index (χ0v) is 22.3. The molecule has 0 aliphatic carbocycles. The maximum Gasteiger partial charge on any atom is 0.251 e. The average molecular weight is 511 g/mol. The zero-order valence-electron chi connectivity index (χ0n) is 22.3. The first-order chi connectivity index (χ1) is 18.3. The number of carbonyl (C=O) groups is 1. The van der Waals surface area contributed by atoms with Crippen LogP contribution in [0.3, 0.4) is 0 Å². The number of imidazole rings is 1. The molecule has 2 N–H and O–H groups in total. The molecule has 1 atom stereocenters. The highest BCUT2D eigenvalue weighted by Gasteiger charge is 2.17. The fraction of sp³-hybridized carbons (Fsp3) is 0.323. The van der Waals surface area contributed by atoms with Gasteiger partial charge >= 0.3 is 0 Å². The third-order valence-corrected chi connectivity index (χ3v) is 6.40. The van der Waals surface area contributed by atoms with E-state index in [1.165, 1.54) is 11.6 Å². The number of aliphatic hydroxyl groups excluding tert-OH is 1. The second kappa shape index (κ2) is 11.9. The lowest BCUT2D eigenvalue weighted by atomic mass is 10.0. The summed E-state index contributed by atoms with van der Waals surface area (Å²) in [5.41, 5.74) is 5.83. The van der Waals surface area contributed by atoms with Gasteiger partial charge in [-0.05, 0) is 68.0 Å². The summed E-state index contributed by atoms with van der Waals surface area (Å²) in [6, 6.07) is 19.0. The Morgan fingerprint density at radius 2 is 1.89 bits per heavy atom. The first-order valence-corrected chi connectivity index (χ1v) is 13.0. The van der Waals surface area contributed by atoms with E-state index in [2.05, 4.69) is 35.7 Å². The summed E-state index contributed by atoms with van der Waals surface area (Å²) in [6.07, 6.45) is 4.95. The highest BCUT2D eigenvalue weighted by molar-refractivity contribution is 5.95. The predicted octanol–water partition coefficient (Wildman–Crippen LogP) is 5.51. The number of nitrogens with zero attached hydrogens (tertiary/aromatic N) is 3. The summed E-state index contributed by atoms with van der Waals surface area (Å²) < 4.78 is 7.71.